The van der Waals surface area contributed by atoms with Crippen molar-refractivity contribution in [2.24, 2.45) is 11.8 Å². The van der Waals surface area contributed by atoms with Crippen molar-refractivity contribution in [2.45, 2.75) is 20.3 Å². The number of hydrogen-bond donors (Lipinski definition) is 1. The third-order valence-corrected chi connectivity index (χ3v) is 4.15. The van der Waals surface area contributed by atoms with Gasteiger partial charge in [0, 0.05) is 5.69 Å². The molecule has 1 amide bonds. The average molecular weight is 339 g/mol. The molecule has 0 radical (unpaired) electrons. The highest BCUT2D eigenvalue weighted by Crippen LogP contribution is 2.38. The molecular weight excluding hydrogens is 318 g/mol. The largest absolute Gasteiger partial charge is 0.457 e. The van der Waals surface area contributed by atoms with E-state index in [2.05, 4.69) is 5.32 Å². The number of anilines is 1. The van der Waals surface area contributed by atoms with Crippen molar-refractivity contribution in [3.8, 4) is 11.5 Å². The Hall–Kier alpha value is -2.82. The molecule has 2 atom stereocenters. The topological polar surface area (TPSA) is 64.6 Å². The van der Waals surface area contributed by atoms with Crippen LogP contribution in [0, 0.1) is 18.8 Å². The van der Waals surface area contributed by atoms with Crippen molar-refractivity contribution in [2.75, 3.05) is 11.9 Å². The number of esters is 1. The SMILES string of the molecule is Cc1ccc(Oc2ccc(NC(=O)COC(=O)[C@H]3C[C@@H]3C)cc2)cc1. The van der Waals surface area contributed by atoms with E-state index >= 15 is 0 Å². The maximum Gasteiger partial charge on any atom is 0.309 e. The Bertz CT molecular complexity index is 752. The van der Waals surface area contributed by atoms with Gasteiger partial charge in [0.05, 0.1) is 5.92 Å². The standard InChI is InChI=1S/C20H21NO4/c1-13-3-7-16(8-4-13)25-17-9-5-15(6-10-17)21-19(22)12-24-20(23)18-11-14(18)2/h3-10,14,18H,11-12H2,1-2H3,(H,21,22)/t14-,18-/m0/s1. The molecule has 25 heavy (non-hydrogen) atoms. The Kier molecular flexibility index (Phi) is 5.03. The molecule has 0 spiro atoms. The van der Waals surface area contributed by atoms with Crippen LogP contribution in [0.25, 0.3) is 0 Å². The fraction of sp³-hybridized carbons (Fsp3) is 0.300. The van der Waals surface area contributed by atoms with E-state index in [4.69, 9.17) is 9.47 Å². The van der Waals surface area contributed by atoms with Gasteiger partial charge in [-0.05, 0) is 55.7 Å². The predicted octanol–water partition coefficient (Wildman–Crippen LogP) is 3.93. The van der Waals surface area contributed by atoms with Crippen LogP contribution in [0.4, 0.5) is 5.69 Å². The lowest BCUT2D eigenvalue weighted by atomic mass is 10.2. The maximum absolute atomic E-state index is 11.8. The summed E-state index contributed by atoms with van der Waals surface area (Å²) in [6, 6.07) is 14.8. The molecule has 1 aliphatic rings. The zero-order chi connectivity index (χ0) is 17.8. The molecule has 0 saturated heterocycles. The molecule has 5 nitrogen and oxygen atoms in total. The second-order valence-electron chi connectivity index (χ2n) is 6.41. The van der Waals surface area contributed by atoms with Crippen molar-refractivity contribution in [3.05, 3.63) is 54.1 Å². The van der Waals surface area contributed by atoms with E-state index in [1.807, 2.05) is 38.1 Å². The van der Waals surface area contributed by atoms with Gasteiger partial charge in [-0.25, -0.2) is 0 Å². The lowest BCUT2D eigenvalue weighted by molar-refractivity contribution is -0.148. The normalized spacial score (nSPS) is 18.3. The van der Waals surface area contributed by atoms with E-state index in [0.29, 0.717) is 17.4 Å². The summed E-state index contributed by atoms with van der Waals surface area (Å²) in [4.78, 5) is 23.4. The van der Waals surface area contributed by atoms with Crippen LogP contribution in [-0.2, 0) is 14.3 Å². The smallest absolute Gasteiger partial charge is 0.309 e. The first-order valence-electron chi connectivity index (χ1n) is 8.32. The van der Waals surface area contributed by atoms with Crippen LogP contribution >= 0.6 is 0 Å². The van der Waals surface area contributed by atoms with E-state index in [1.54, 1.807) is 24.3 Å². The average Bonchev–Trinajstić information content (AvgIpc) is 3.33. The molecule has 0 unspecified atom stereocenters. The monoisotopic (exact) mass is 339 g/mol. The Morgan fingerprint density at radius 2 is 1.60 bits per heavy atom. The van der Waals surface area contributed by atoms with Crippen LogP contribution < -0.4 is 10.1 Å². The van der Waals surface area contributed by atoms with Gasteiger partial charge in [0.1, 0.15) is 11.5 Å². The van der Waals surface area contributed by atoms with Gasteiger partial charge >= 0.3 is 5.97 Å². The number of aryl methyl sites for hydroxylation is 1. The van der Waals surface area contributed by atoms with Crippen LogP contribution in [-0.4, -0.2) is 18.5 Å². The first-order valence-corrected chi connectivity index (χ1v) is 8.32. The van der Waals surface area contributed by atoms with Gasteiger partial charge in [0.2, 0.25) is 0 Å². The fourth-order valence-corrected chi connectivity index (χ4v) is 2.44. The summed E-state index contributed by atoms with van der Waals surface area (Å²) in [6.45, 7) is 3.75. The summed E-state index contributed by atoms with van der Waals surface area (Å²) < 4.78 is 10.7. The van der Waals surface area contributed by atoms with E-state index in [1.165, 1.54) is 5.56 Å². The Labute approximate surface area is 147 Å². The zero-order valence-electron chi connectivity index (χ0n) is 14.3. The van der Waals surface area contributed by atoms with Crippen LogP contribution in [0.5, 0.6) is 11.5 Å². The molecule has 0 aliphatic heterocycles. The van der Waals surface area contributed by atoms with Gasteiger partial charge < -0.3 is 14.8 Å². The van der Waals surface area contributed by atoms with Gasteiger partial charge in [-0.3, -0.25) is 9.59 Å². The zero-order valence-corrected chi connectivity index (χ0v) is 14.3. The van der Waals surface area contributed by atoms with Crippen LogP contribution in [0.15, 0.2) is 48.5 Å². The van der Waals surface area contributed by atoms with Gasteiger partial charge in [0.15, 0.2) is 6.61 Å². The number of rotatable bonds is 6. The van der Waals surface area contributed by atoms with Crippen molar-refractivity contribution in [1.82, 2.24) is 0 Å². The highest BCUT2D eigenvalue weighted by atomic mass is 16.5. The van der Waals surface area contributed by atoms with Crippen molar-refractivity contribution in [1.29, 1.82) is 0 Å². The van der Waals surface area contributed by atoms with E-state index in [-0.39, 0.29) is 24.4 Å². The minimum absolute atomic E-state index is 0.0361. The minimum Gasteiger partial charge on any atom is -0.457 e. The molecule has 1 fully saturated rings. The van der Waals surface area contributed by atoms with E-state index in [0.717, 1.165) is 12.2 Å². The Morgan fingerprint density at radius 3 is 2.16 bits per heavy atom. The number of nitrogens with one attached hydrogen (secondary N) is 1. The molecule has 2 aromatic carbocycles. The number of carbonyl (C=O) groups is 2. The lowest BCUT2D eigenvalue weighted by Crippen LogP contribution is -2.21. The van der Waals surface area contributed by atoms with Crippen LogP contribution in [0.3, 0.4) is 0 Å². The molecule has 2 aromatic rings. The molecule has 0 aromatic heterocycles. The third kappa shape index (κ3) is 4.83. The molecule has 0 bridgehead atoms. The first-order chi connectivity index (χ1) is 12.0. The van der Waals surface area contributed by atoms with Gasteiger partial charge in [-0.15, -0.1) is 0 Å². The summed E-state index contributed by atoms with van der Waals surface area (Å²) in [5.74, 6) is 1.13. The van der Waals surface area contributed by atoms with E-state index in [9.17, 15) is 9.59 Å². The molecule has 0 heterocycles. The molecule has 130 valence electrons. The summed E-state index contributed by atoms with van der Waals surface area (Å²) in [7, 11) is 0. The van der Waals surface area contributed by atoms with Crippen molar-refractivity contribution < 1.29 is 19.1 Å². The predicted molar refractivity (Wildman–Crippen MR) is 94.6 cm³/mol. The highest BCUT2D eigenvalue weighted by Gasteiger charge is 2.40. The summed E-state index contributed by atoms with van der Waals surface area (Å²) in [6.07, 6.45) is 0.850. The molecule has 3 rings (SSSR count). The van der Waals surface area contributed by atoms with Gasteiger partial charge in [0.25, 0.3) is 5.91 Å². The lowest BCUT2D eigenvalue weighted by Gasteiger charge is -2.09. The minimum atomic E-state index is -0.353. The number of hydrogen-bond acceptors (Lipinski definition) is 4. The molecule has 1 saturated carbocycles. The highest BCUT2D eigenvalue weighted by molar-refractivity contribution is 5.93. The second-order valence-corrected chi connectivity index (χ2v) is 6.41. The number of benzene rings is 2. The number of carbonyl (C=O) groups excluding carboxylic acids is 2. The van der Waals surface area contributed by atoms with Gasteiger partial charge in [-0.2, -0.15) is 0 Å². The molecule has 1 aliphatic carbocycles. The molecule has 1 N–H and O–H groups in total. The fourth-order valence-electron chi connectivity index (χ4n) is 2.44. The Morgan fingerprint density at radius 1 is 1.04 bits per heavy atom. The maximum atomic E-state index is 11.8. The van der Waals surface area contributed by atoms with Crippen molar-refractivity contribution in [3.63, 3.8) is 0 Å². The second kappa shape index (κ2) is 7.38. The third-order valence-electron chi connectivity index (χ3n) is 4.15. The van der Waals surface area contributed by atoms with E-state index < -0.39 is 0 Å². The summed E-state index contributed by atoms with van der Waals surface area (Å²) in [5, 5.41) is 2.69. The number of amides is 1. The molecular formula is C20H21NO4. The summed E-state index contributed by atoms with van der Waals surface area (Å²) in [5.41, 5.74) is 1.79. The van der Waals surface area contributed by atoms with Crippen LogP contribution in [0.1, 0.15) is 18.9 Å². The van der Waals surface area contributed by atoms with Crippen LogP contribution in [0.2, 0.25) is 0 Å². The summed E-state index contributed by atoms with van der Waals surface area (Å²) >= 11 is 0. The van der Waals surface area contributed by atoms with Gasteiger partial charge in [-0.1, -0.05) is 24.6 Å². The molecule has 5 heteroatoms. The number of ether oxygens (including phenoxy) is 2. The first kappa shape index (κ1) is 17.0. The van der Waals surface area contributed by atoms with Crippen molar-refractivity contribution >= 4 is 17.6 Å². The Balaban J connectivity index is 1.47. The quantitative estimate of drug-likeness (QED) is 0.810.